The largest absolute Gasteiger partial charge is 0.467 e. The van der Waals surface area contributed by atoms with Crippen LogP contribution in [0, 0.1) is 32.1 Å². The molecule has 0 saturated heterocycles. The Balaban J connectivity index is 1.47. The van der Waals surface area contributed by atoms with Crippen LogP contribution < -0.4 is 5.32 Å². The summed E-state index contributed by atoms with van der Waals surface area (Å²) in [6.07, 6.45) is 1.56. The van der Waals surface area contributed by atoms with Crippen LogP contribution in [-0.4, -0.2) is 38.0 Å². The van der Waals surface area contributed by atoms with E-state index in [2.05, 4.69) is 21.6 Å². The fourth-order valence-corrected chi connectivity index (χ4v) is 3.50. The number of nitriles is 1. The molecule has 4 aromatic rings. The molecule has 0 fully saturated rings. The third-order valence-electron chi connectivity index (χ3n) is 5.39. The first-order valence-electron chi connectivity index (χ1n) is 10.5. The van der Waals surface area contributed by atoms with Gasteiger partial charge in [-0.05, 0) is 50.6 Å². The maximum atomic E-state index is 12.6. The number of nitrogens with one attached hydrogen (secondary N) is 1. The molecule has 0 saturated carbocycles. The Bertz CT molecular complexity index is 1380. The summed E-state index contributed by atoms with van der Waals surface area (Å²) in [6, 6.07) is 14.8. The van der Waals surface area contributed by atoms with Crippen LogP contribution in [0.5, 0.6) is 0 Å². The van der Waals surface area contributed by atoms with Crippen molar-refractivity contribution in [2.45, 2.75) is 27.3 Å². The number of benzene rings is 1. The lowest BCUT2D eigenvalue weighted by Crippen LogP contribution is -2.23. The fourth-order valence-electron chi connectivity index (χ4n) is 3.50. The van der Waals surface area contributed by atoms with E-state index in [1.807, 2.05) is 25.1 Å². The molecule has 3 aromatic heterocycles. The molecule has 172 valence electrons. The van der Waals surface area contributed by atoms with Crippen molar-refractivity contribution in [3.8, 4) is 11.8 Å². The number of amides is 1. The highest BCUT2D eigenvalue weighted by Crippen LogP contribution is 2.27. The number of aromatic nitrogens is 4. The molecule has 0 aliphatic heterocycles. The summed E-state index contributed by atoms with van der Waals surface area (Å²) in [5.41, 5.74) is 2.98. The second-order valence-electron chi connectivity index (χ2n) is 7.59. The van der Waals surface area contributed by atoms with Gasteiger partial charge in [0.25, 0.3) is 5.91 Å². The normalized spacial score (nSPS) is 10.6. The van der Waals surface area contributed by atoms with Crippen LogP contribution in [0.25, 0.3) is 5.69 Å². The number of anilines is 1. The van der Waals surface area contributed by atoms with Crippen LogP contribution in [0.3, 0.4) is 0 Å². The Morgan fingerprint density at radius 1 is 1.12 bits per heavy atom. The van der Waals surface area contributed by atoms with E-state index < -0.39 is 18.5 Å². The SMILES string of the molecule is Cc1nn(-c2ccccc2)nc1C(=O)OCC(=O)Nc1c(C#N)c(C)c(C)n1Cc1ccco1. The van der Waals surface area contributed by atoms with E-state index in [1.54, 1.807) is 48.9 Å². The Hall–Kier alpha value is -4.65. The number of esters is 1. The van der Waals surface area contributed by atoms with Gasteiger partial charge in [-0.3, -0.25) is 4.79 Å². The first kappa shape index (κ1) is 22.5. The van der Waals surface area contributed by atoms with Gasteiger partial charge in [-0.25, -0.2) is 4.79 Å². The number of hydrogen-bond acceptors (Lipinski definition) is 7. The van der Waals surface area contributed by atoms with Crippen LogP contribution in [0.15, 0.2) is 53.1 Å². The van der Waals surface area contributed by atoms with Crippen molar-refractivity contribution >= 4 is 17.7 Å². The Morgan fingerprint density at radius 2 is 1.88 bits per heavy atom. The van der Waals surface area contributed by atoms with Crippen molar-refractivity contribution in [1.29, 1.82) is 5.26 Å². The van der Waals surface area contributed by atoms with E-state index in [0.717, 1.165) is 11.3 Å². The zero-order valence-electron chi connectivity index (χ0n) is 18.9. The van der Waals surface area contributed by atoms with Crippen LogP contribution >= 0.6 is 0 Å². The topological polar surface area (TPSA) is 128 Å². The summed E-state index contributed by atoms with van der Waals surface area (Å²) in [5, 5.41) is 20.7. The van der Waals surface area contributed by atoms with Crippen molar-refractivity contribution in [3.05, 3.63) is 82.7 Å². The summed E-state index contributed by atoms with van der Waals surface area (Å²) < 4.78 is 12.4. The number of carbonyl (C=O) groups is 2. The summed E-state index contributed by atoms with van der Waals surface area (Å²) in [6.45, 7) is 5.08. The van der Waals surface area contributed by atoms with Crippen LogP contribution in [0.2, 0.25) is 0 Å². The quantitative estimate of drug-likeness (QED) is 0.421. The maximum Gasteiger partial charge on any atom is 0.361 e. The lowest BCUT2D eigenvalue weighted by molar-refractivity contribution is -0.119. The van der Waals surface area contributed by atoms with Crippen molar-refractivity contribution in [1.82, 2.24) is 19.6 Å². The Labute approximate surface area is 195 Å². The van der Waals surface area contributed by atoms with E-state index in [1.165, 1.54) is 4.80 Å². The summed E-state index contributed by atoms with van der Waals surface area (Å²) in [5.74, 6) is -0.368. The zero-order valence-corrected chi connectivity index (χ0v) is 18.9. The van der Waals surface area contributed by atoms with Gasteiger partial charge in [0.15, 0.2) is 12.3 Å². The van der Waals surface area contributed by atoms with Gasteiger partial charge < -0.3 is 19.0 Å². The number of rotatable bonds is 7. The molecular weight excluding hydrogens is 436 g/mol. The molecular formula is C24H22N6O4. The van der Waals surface area contributed by atoms with Crippen molar-refractivity contribution in [3.63, 3.8) is 0 Å². The fraction of sp³-hybridized carbons (Fsp3) is 0.208. The molecule has 10 nitrogen and oxygen atoms in total. The van der Waals surface area contributed by atoms with Gasteiger partial charge in [0.2, 0.25) is 0 Å². The van der Waals surface area contributed by atoms with E-state index in [-0.39, 0.29) is 5.69 Å². The maximum absolute atomic E-state index is 12.6. The van der Waals surface area contributed by atoms with Crippen molar-refractivity contribution < 1.29 is 18.7 Å². The molecule has 1 aromatic carbocycles. The molecule has 1 amide bonds. The summed E-state index contributed by atoms with van der Waals surface area (Å²) in [7, 11) is 0. The molecule has 10 heteroatoms. The predicted molar refractivity (Wildman–Crippen MR) is 121 cm³/mol. The van der Waals surface area contributed by atoms with Gasteiger partial charge in [-0.15, -0.1) is 5.10 Å². The molecule has 4 rings (SSSR count). The van der Waals surface area contributed by atoms with Crippen molar-refractivity contribution in [2.24, 2.45) is 0 Å². The molecule has 0 aliphatic rings. The minimum atomic E-state index is -0.770. The first-order chi connectivity index (χ1) is 16.4. The number of ether oxygens (including phenoxy) is 1. The van der Waals surface area contributed by atoms with Crippen LogP contribution in [0.4, 0.5) is 5.82 Å². The standard InChI is InChI=1S/C24H22N6O4/c1-15-17(3)29(13-19-10-7-11-33-19)23(20(15)12-25)26-21(31)14-34-24(32)22-16(2)27-30(28-22)18-8-5-4-6-9-18/h4-11H,13-14H2,1-3H3,(H,26,31). The van der Waals surface area contributed by atoms with Gasteiger partial charge in [-0.1, -0.05) is 18.2 Å². The third-order valence-corrected chi connectivity index (χ3v) is 5.39. The number of furan rings is 1. The van der Waals surface area contributed by atoms with Crippen LogP contribution in [-0.2, 0) is 16.1 Å². The van der Waals surface area contributed by atoms with Crippen molar-refractivity contribution in [2.75, 3.05) is 11.9 Å². The third kappa shape index (κ3) is 4.45. The number of hydrogen-bond donors (Lipinski definition) is 1. The molecule has 34 heavy (non-hydrogen) atoms. The minimum Gasteiger partial charge on any atom is -0.467 e. The number of aryl methyl sites for hydroxylation is 1. The minimum absolute atomic E-state index is 0.0160. The molecule has 0 bridgehead atoms. The number of para-hydroxylation sites is 1. The van der Waals surface area contributed by atoms with Gasteiger partial charge in [0.05, 0.1) is 29.8 Å². The number of carbonyl (C=O) groups excluding carboxylic acids is 2. The highest BCUT2D eigenvalue weighted by atomic mass is 16.5. The smallest absolute Gasteiger partial charge is 0.361 e. The monoisotopic (exact) mass is 458 g/mol. The lowest BCUT2D eigenvalue weighted by atomic mass is 10.2. The summed E-state index contributed by atoms with van der Waals surface area (Å²) >= 11 is 0. The van der Waals surface area contributed by atoms with E-state index >= 15 is 0 Å². The highest BCUT2D eigenvalue weighted by molar-refractivity contribution is 5.95. The second-order valence-corrected chi connectivity index (χ2v) is 7.59. The Kier molecular flexibility index (Phi) is 6.27. The Morgan fingerprint density at radius 3 is 2.56 bits per heavy atom. The molecule has 0 atom stereocenters. The van der Waals surface area contributed by atoms with E-state index in [0.29, 0.717) is 35.1 Å². The van der Waals surface area contributed by atoms with Crippen LogP contribution in [0.1, 0.15) is 38.8 Å². The van der Waals surface area contributed by atoms with Gasteiger partial charge in [-0.2, -0.15) is 15.2 Å². The number of nitrogens with zero attached hydrogens (tertiary/aromatic N) is 5. The predicted octanol–water partition coefficient (Wildman–Crippen LogP) is 3.30. The summed E-state index contributed by atoms with van der Waals surface area (Å²) in [4.78, 5) is 26.5. The molecule has 0 aliphatic carbocycles. The molecule has 1 N–H and O–H groups in total. The first-order valence-corrected chi connectivity index (χ1v) is 10.5. The highest BCUT2D eigenvalue weighted by Gasteiger charge is 2.22. The molecule has 0 unspecified atom stereocenters. The second kappa shape index (κ2) is 9.46. The van der Waals surface area contributed by atoms with Gasteiger partial charge >= 0.3 is 5.97 Å². The molecule has 3 heterocycles. The average Bonchev–Trinajstić information content (AvgIpc) is 3.54. The zero-order chi connectivity index (χ0) is 24.2. The average molecular weight is 458 g/mol. The van der Waals surface area contributed by atoms with E-state index in [9.17, 15) is 14.9 Å². The van der Waals surface area contributed by atoms with E-state index in [4.69, 9.17) is 9.15 Å². The van der Waals surface area contributed by atoms with Gasteiger partial charge in [0, 0.05) is 5.69 Å². The molecule has 0 spiro atoms. The van der Waals surface area contributed by atoms with Gasteiger partial charge in [0.1, 0.15) is 17.6 Å². The lowest BCUT2D eigenvalue weighted by Gasteiger charge is -2.12. The molecule has 0 radical (unpaired) electrons.